The molecule has 0 heterocycles. The minimum absolute atomic E-state index is 0.313. The highest BCUT2D eigenvalue weighted by molar-refractivity contribution is 5.78. The van der Waals surface area contributed by atoms with Crippen LogP contribution >= 0.6 is 0 Å². The van der Waals surface area contributed by atoms with Gasteiger partial charge in [0, 0.05) is 19.3 Å². The number of ketones is 1. The molecule has 0 saturated carbocycles. The van der Waals surface area contributed by atoms with Gasteiger partial charge in [0.1, 0.15) is 5.78 Å². The SMILES string of the molecule is CCCCCCCCCCCCCCCCCCCCCCCCCCCCCC(=O)CCCCCCCCCCCC(=O)O. The van der Waals surface area contributed by atoms with Crippen LogP contribution in [0.5, 0.6) is 0 Å². The second-order valence-corrected chi connectivity index (χ2v) is 14.6. The molecule has 0 spiro atoms. The van der Waals surface area contributed by atoms with E-state index in [1.807, 2.05) is 0 Å². The van der Waals surface area contributed by atoms with E-state index in [0.717, 1.165) is 44.9 Å². The molecule has 1 N–H and O–H groups in total. The van der Waals surface area contributed by atoms with Crippen molar-refractivity contribution in [2.75, 3.05) is 0 Å². The summed E-state index contributed by atoms with van der Waals surface area (Å²) in [6, 6.07) is 0. The van der Waals surface area contributed by atoms with Crippen LogP contribution in [0, 0.1) is 0 Å². The lowest BCUT2D eigenvalue weighted by atomic mass is 10.0. The van der Waals surface area contributed by atoms with E-state index in [4.69, 9.17) is 5.11 Å². The number of carbonyl (C=O) groups is 2. The van der Waals surface area contributed by atoms with Gasteiger partial charge >= 0.3 is 5.97 Å². The molecule has 0 saturated heterocycles. The van der Waals surface area contributed by atoms with Crippen molar-refractivity contribution in [1.82, 2.24) is 0 Å². The second kappa shape index (κ2) is 39.3. The number of carbonyl (C=O) groups excluding carboxylic acids is 1. The summed E-state index contributed by atoms with van der Waals surface area (Å²) < 4.78 is 0. The lowest BCUT2D eigenvalue weighted by Gasteiger charge is -2.05. The average molecular weight is 635 g/mol. The molecule has 0 aromatic heterocycles. The number of Topliss-reactive ketones (excluding diaryl/α,β-unsaturated/α-hetero) is 1. The molecule has 0 fully saturated rings. The Bertz CT molecular complexity index is 586. The highest BCUT2D eigenvalue weighted by Gasteiger charge is 2.03. The fourth-order valence-corrected chi connectivity index (χ4v) is 6.78. The second-order valence-electron chi connectivity index (χ2n) is 14.6. The van der Waals surface area contributed by atoms with Crippen molar-refractivity contribution in [3.63, 3.8) is 0 Å². The van der Waals surface area contributed by atoms with Gasteiger partial charge in [-0.15, -0.1) is 0 Å². The normalized spacial score (nSPS) is 11.4. The Kier molecular flexibility index (Phi) is 38.6. The minimum Gasteiger partial charge on any atom is -0.481 e. The van der Waals surface area contributed by atoms with Gasteiger partial charge < -0.3 is 5.11 Å². The van der Waals surface area contributed by atoms with Crippen LogP contribution in [0.4, 0.5) is 0 Å². The fourth-order valence-electron chi connectivity index (χ4n) is 6.78. The summed E-state index contributed by atoms with van der Waals surface area (Å²) in [6.07, 6.45) is 50.5. The van der Waals surface area contributed by atoms with Gasteiger partial charge in [0.05, 0.1) is 0 Å². The topological polar surface area (TPSA) is 54.4 Å². The first kappa shape index (κ1) is 44.1. The van der Waals surface area contributed by atoms with Gasteiger partial charge in [0.15, 0.2) is 0 Å². The van der Waals surface area contributed by atoms with Crippen LogP contribution in [0.2, 0.25) is 0 Å². The minimum atomic E-state index is -0.675. The van der Waals surface area contributed by atoms with E-state index in [2.05, 4.69) is 6.92 Å². The van der Waals surface area contributed by atoms with E-state index in [-0.39, 0.29) is 0 Å². The van der Waals surface area contributed by atoms with E-state index >= 15 is 0 Å². The van der Waals surface area contributed by atoms with Gasteiger partial charge in [0.2, 0.25) is 0 Å². The summed E-state index contributed by atoms with van der Waals surface area (Å²) in [6.45, 7) is 2.30. The van der Waals surface area contributed by atoms with E-state index in [1.54, 1.807) is 0 Å². The maximum atomic E-state index is 12.1. The monoisotopic (exact) mass is 635 g/mol. The van der Waals surface area contributed by atoms with Crippen molar-refractivity contribution in [2.24, 2.45) is 0 Å². The first-order valence-electron chi connectivity index (χ1n) is 20.9. The van der Waals surface area contributed by atoms with Gasteiger partial charge in [-0.2, -0.15) is 0 Å². The van der Waals surface area contributed by atoms with Crippen LogP contribution in [0.25, 0.3) is 0 Å². The maximum Gasteiger partial charge on any atom is 0.303 e. The predicted octanol–water partition coefficient (Wildman–Crippen LogP) is 14.9. The van der Waals surface area contributed by atoms with E-state index in [0.29, 0.717) is 12.2 Å². The van der Waals surface area contributed by atoms with Gasteiger partial charge in [-0.05, 0) is 19.3 Å². The molecule has 0 aliphatic rings. The quantitative estimate of drug-likeness (QED) is 0.0682. The third-order valence-electron chi connectivity index (χ3n) is 9.91. The van der Waals surface area contributed by atoms with Gasteiger partial charge in [-0.25, -0.2) is 0 Å². The zero-order valence-electron chi connectivity index (χ0n) is 30.8. The number of hydrogen-bond donors (Lipinski definition) is 1. The third kappa shape index (κ3) is 41.1. The molecule has 268 valence electrons. The highest BCUT2D eigenvalue weighted by atomic mass is 16.4. The smallest absolute Gasteiger partial charge is 0.303 e. The molecule has 0 aliphatic heterocycles. The Hall–Kier alpha value is -0.860. The molecule has 0 amide bonds. The number of hydrogen-bond acceptors (Lipinski definition) is 2. The standard InChI is InChI=1S/C42H82O3/c1-2-3-4-5-6-7-8-9-10-11-12-13-14-15-16-17-18-19-20-21-22-23-24-26-29-32-35-38-41(43)39-36-33-30-27-25-28-31-34-37-40-42(44)45/h2-40H2,1H3,(H,44,45). The van der Waals surface area contributed by atoms with E-state index in [9.17, 15) is 9.59 Å². The summed E-state index contributed by atoms with van der Waals surface area (Å²) in [5.41, 5.74) is 0. The Morgan fingerprint density at radius 3 is 0.667 bits per heavy atom. The maximum absolute atomic E-state index is 12.1. The van der Waals surface area contributed by atoms with Crippen LogP contribution in [0.15, 0.2) is 0 Å². The molecule has 0 atom stereocenters. The first-order chi connectivity index (χ1) is 22.2. The fraction of sp³-hybridized carbons (Fsp3) is 0.952. The molecule has 0 aromatic rings. The van der Waals surface area contributed by atoms with Crippen LogP contribution < -0.4 is 0 Å². The molecular weight excluding hydrogens is 552 g/mol. The van der Waals surface area contributed by atoms with Gasteiger partial charge in [-0.1, -0.05) is 219 Å². The Labute approximate surface area is 283 Å². The summed E-state index contributed by atoms with van der Waals surface area (Å²) in [7, 11) is 0. The van der Waals surface area contributed by atoms with E-state index < -0.39 is 5.97 Å². The highest BCUT2D eigenvalue weighted by Crippen LogP contribution is 2.17. The van der Waals surface area contributed by atoms with Gasteiger partial charge in [-0.3, -0.25) is 9.59 Å². The molecule has 3 heteroatoms. The lowest BCUT2D eigenvalue weighted by molar-refractivity contribution is -0.137. The van der Waals surface area contributed by atoms with Crippen LogP contribution in [-0.4, -0.2) is 16.9 Å². The summed E-state index contributed by atoms with van der Waals surface area (Å²) in [5, 5.41) is 8.64. The molecule has 0 aromatic carbocycles. The molecule has 0 unspecified atom stereocenters. The zero-order chi connectivity index (χ0) is 32.7. The van der Waals surface area contributed by atoms with Crippen molar-refractivity contribution in [2.45, 2.75) is 257 Å². The van der Waals surface area contributed by atoms with Crippen molar-refractivity contribution >= 4 is 11.8 Å². The zero-order valence-corrected chi connectivity index (χ0v) is 30.8. The van der Waals surface area contributed by atoms with Crippen molar-refractivity contribution in [3.05, 3.63) is 0 Å². The number of carboxylic acids is 1. The molecule has 45 heavy (non-hydrogen) atoms. The number of rotatable bonds is 40. The molecular formula is C42H82O3. The Morgan fingerprint density at radius 1 is 0.289 bits per heavy atom. The summed E-state index contributed by atoms with van der Waals surface area (Å²) in [4.78, 5) is 22.6. The van der Waals surface area contributed by atoms with E-state index in [1.165, 1.54) is 199 Å². The van der Waals surface area contributed by atoms with Crippen molar-refractivity contribution in [1.29, 1.82) is 0 Å². The van der Waals surface area contributed by atoms with Crippen molar-refractivity contribution in [3.8, 4) is 0 Å². The number of unbranched alkanes of at least 4 members (excludes halogenated alkanes) is 34. The lowest BCUT2D eigenvalue weighted by Crippen LogP contribution is -1.97. The van der Waals surface area contributed by atoms with Crippen molar-refractivity contribution < 1.29 is 14.7 Å². The average Bonchev–Trinajstić information content (AvgIpc) is 3.03. The molecule has 3 nitrogen and oxygen atoms in total. The molecule has 0 radical (unpaired) electrons. The van der Waals surface area contributed by atoms with Gasteiger partial charge in [0.25, 0.3) is 0 Å². The molecule has 0 bridgehead atoms. The third-order valence-corrected chi connectivity index (χ3v) is 9.91. The molecule has 0 rings (SSSR count). The number of aliphatic carboxylic acids is 1. The van der Waals surface area contributed by atoms with Crippen LogP contribution in [0.1, 0.15) is 257 Å². The largest absolute Gasteiger partial charge is 0.481 e. The number of carboxylic acid groups (broad SMARTS) is 1. The Balaban J connectivity index is 3.13. The van der Waals surface area contributed by atoms with Crippen LogP contribution in [-0.2, 0) is 9.59 Å². The summed E-state index contributed by atoms with van der Waals surface area (Å²) >= 11 is 0. The molecule has 0 aliphatic carbocycles. The summed E-state index contributed by atoms with van der Waals surface area (Å²) in [5.74, 6) is -0.195. The van der Waals surface area contributed by atoms with Crippen LogP contribution in [0.3, 0.4) is 0 Å². The Morgan fingerprint density at radius 2 is 0.467 bits per heavy atom. The predicted molar refractivity (Wildman–Crippen MR) is 198 cm³/mol. The first-order valence-corrected chi connectivity index (χ1v) is 20.9.